The van der Waals surface area contributed by atoms with Crippen molar-refractivity contribution in [3.05, 3.63) is 42.0 Å². The van der Waals surface area contributed by atoms with Crippen molar-refractivity contribution in [3.63, 3.8) is 0 Å². The second kappa shape index (κ2) is 6.27. The molecule has 1 amide bonds. The van der Waals surface area contributed by atoms with Gasteiger partial charge in [-0.05, 0) is 49.9 Å². The zero-order chi connectivity index (χ0) is 15.5. The molecule has 0 aliphatic carbocycles. The number of nitrogens with zero attached hydrogens (tertiary/aromatic N) is 4. The molecule has 3 rings (SSSR count). The molecule has 0 radical (unpaired) electrons. The lowest BCUT2D eigenvalue weighted by Gasteiger charge is -2.35. The Bertz CT molecular complexity index is 653. The maximum absolute atomic E-state index is 12.8. The topological polar surface area (TPSA) is 77.0 Å². The molecular formula is C16H21N5O. The summed E-state index contributed by atoms with van der Waals surface area (Å²) in [4.78, 5) is 18.6. The van der Waals surface area contributed by atoms with Crippen LogP contribution in [0.2, 0.25) is 0 Å². The summed E-state index contributed by atoms with van der Waals surface area (Å²) >= 11 is 0. The maximum Gasteiger partial charge on any atom is 0.254 e. The first-order valence-electron chi connectivity index (χ1n) is 7.67. The third-order valence-corrected chi connectivity index (χ3v) is 4.27. The van der Waals surface area contributed by atoms with Crippen LogP contribution in [0.3, 0.4) is 0 Å². The standard InChI is InChI=1S/C16H21N5O/c1-12-8-13(5-6-15(12)21-11-18-10-19-21)16(22)20-7-3-2-4-14(20)9-17/h5-6,8,10-11,14H,2-4,7,9,17H2,1H3. The molecule has 0 spiro atoms. The molecule has 1 aliphatic heterocycles. The molecule has 2 heterocycles. The second-order valence-electron chi connectivity index (χ2n) is 5.73. The van der Waals surface area contributed by atoms with E-state index in [1.165, 1.54) is 6.33 Å². The molecule has 0 bridgehead atoms. The van der Waals surface area contributed by atoms with Gasteiger partial charge in [0, 0.05) is 24.7 Å². The van der Waals surface area contributed by atoms with Crippen molar-refractivity contribution in [2.75, 3.05) is 13.1 Å². The van der Waals surface area contributed by atoms with Crippen LogP contribution >= 0.6 is 0 Å². The van der Waals surface area contributed by atoms with Crippen molar-refractivity contribution in [2.24, 2.45) is 5.73 Å². The number of hydrogen-bond donors (Lipinski definition) is 1. The van der Waals surface area contributed by atoms with E-state index in [0.717, 1.165) is 37.1 Å². The van der Waals surface area contributed by atoms with Gasteiger partial charge in [-0.3, -0.25) is 4.79 Å². The van der Waals surface area contributed by atoms with Crippen LogP contribution < -0.4 is 5.73 Å². The Morgan fingerprint density at radius 3 is 2.95 bits per heavy atom. The van der Waals surface area contributed by atoms with E-state index in [2.05, 4.69) is 10.1 Å². The van der Waals surface area contributed by atoms with Crippen LogP contribution in [0.5, 0.6) is 0 Å². The van der Waals surface area contributed by atoms with E-state index in [0.29, 0.717) is 12.1 Å². The minimum atomic E-state index is 0.0726. The van der Waals surface area contributed by atoms with Crippen molar-refractivity contribution in [3.8, 4) is 5.69 Å². The molecule has 1 unspecified atom stereocenters. The number of hydrogen-bond acceptors (Lipinski definition) is 4. The number of amides is 1. The van der Waals surface area contributed by atoms with Crippen LogP contribution in [-0.2, 0) is 0 Å². The molecule has 6 heteroatoms. The summed E-state index contributed by atoms with van der Waals surface area (Å²) in [5.41, 5.74) is 8.46. The largest absolute Gasteiger partial charge is 0.334 e. The monoisotopic (exact) mass is 299 g/mol. The summed E-state index contributed by atoms with van der Waals surface area (Å²) in [5.74, 6) is 0.0726. The molecule has 1 fully saturated rings. The predicted molar refractivity (Wildman–Crippen MR) is 83.8 cm³/mol. The van der Waals surface area contributed by atoms with Gasteiger partial charge in [-0.2, -0.15) is 5.10 Å². The average Bonchev–Trinajstić information content (AvgIpc) is 3.08. The number of carbonyl (C=O) groups is 1. The summed E-state index contributed by atoms with van der Waals surface area (Å²) in [5, 5.41) is 4.13. The molecular weight excluding hydrogens is 278 g/mol. The Balaban J connectivity index is 1.85. The van der Waals surface area contributed by atoms with Crippen molar-refractivity contribution in [2.45, 2.75) is 32.2 Å². The zero-order valence-electron chi connectivity index (χ0n) is 12.8. The molecule has 116 valence electrons. The Hall–Kier alpha value is -2.21. The molecule has 0 saturated carbocycles. The highest BCUT2D eigenvalue weighted by Crippen LogP contribution is 2.21. The van der Waals surface area contributed by atoms with E-state index in [-0.39, 0.29) is 11.9 Å². The van der Waals surface area contributed by atoms with Crippen LogP contribution in [0.15, 0.2) is 30.9 Å². The van der Waals surface area contributed by atoms with Crippen molar-refractivity contribution < 1.29 is 4.79 Å². The first-order valence-corrected chi connectivity index (χ1v) is 7.67. The molecule has 22 heavy (non-hydrogen) atoms. The van der Waals surface area contributed by atoms with Gasteiger partial charge in [0.1, 0.15) is 12.7 Å². The number of likely N-dealkylation sites (tertiary alicyclic amines) is 1. The molecule has 1 aliphatic rings. The van der Waals surface area contributed by atoms with Crippen molar-refractivity contribution in [1.29, 1.82) is 0 Å². The highest BCUT2D eigenvalue weighted by Gasteiger charge is 2.26. The van der Waals surface area contributed by atoms with E-state index in [1.807, 2.05) is 30.0 Å². The number of piperidine rings is 1. The van der Waals surface area contributed by atoms with Gasteiger partial charge in [0.2, 0.25) is 0 Å². The molecule has 2 aromatic rings. The van der Waals surface area contributed by atoms with Gasteiger partial charge in [-0.15, -0.1) is 0 Å². The Morgan fingerprint density at radius 2 is 2.27 bits per heavy atom. The molecule has 6 nitrogen and oxygen atoms in total. The first-order chi connectivity index (χ1) is 10.7. The minimum absolute atomic E-state index is 0.0726. The number of aromatic nitrogens is 3. The van der Waals surface area contributed by atoms with Gasteiger partial charge in [0.25, 0.3) is 5.91 Å². The summed E-state index contributed by atoms with van der Waals surface area (Å²) in [7, 11) is 0. The third kappa shape index (κ3) is 2.74. The molecule has 1 atom stereocenters. The summed E-state index contributed by atoms with van der Waals surface area (Å²) in [6.07, 6.45) is 6.35. The highest BCUT2D eigenvalue weighted by atomic mass is 16.2. The van der Waals surface area contributed by atoms with E-state index in [9.17, 15) is 4.79 Å². The SMILES string of the molecule is Cc1cc(C(=O)N2CCCCC2CN)ccc1-n1cncn1. The fraction of sp³-hybridized carbons (Fsp3) is 0.438. The number of aryl methyl sites for hydroxylation is 1. The van der Waals surface area contributed by atoms with E-state index in [1.54, 1.807) is 11.0 Å². The zero-order valence-corrected chi connectivity index (χ0v) is 12.8. The Morgan fingerprint density at radius 1 is 1.41 bits per heavy atom. The molecule has 1 aromatic carbocycles. The lowest BCUT2D eigenvalue weighted by atomic mass is 10.00. The third-order valence-electron chi connectivity index (χ3n) is 4.27. The quantitative estimate of drug-likeness (QED) is 0.932. The van der Waals surface area contributed by atoms with Crippen molar-refractivity contribution in [1.82, 2.24) is 19.7 Å². The minimum Gasteiger partial charge on any atom is -0.334 e. The number of benzene rings is 1. The molecule has 1 saturated heterocycles. The average molecular weight is 299 g/mol. The van der Waals surface area contributed by atoms with E-state index < -0.39 is 0 Å². The fourth-order valence-electron chi connectivity index (χ4n) is 3.06. The van der Waals surface area contributed by atoms with Gasteiger partial charge in [0.15, 0.2) is 0 Å². The smallest absolute Gasteiger partial charge is 0.254 e. The van der Waals surface area contributed by atoms with Crippen LogP contribution in [0, 0.1) is 6.92 Å². The normalized spacial score (nSPS) is 18.5. The van der Waals surface area contributed by atoms with Crippen LogP contribution in [0.4, 0.5) is 0 Å². The molecule has 2 N–H and O–H groups in total. The first kappa shape index (κ1) is 14.7. The van der Waals surface area contributed by atoms with Gasteiger partial charge in [0.05, 0.1) is 5.69 Å². The van der Waals surface area contributed by atoms with Gasteiger partial charge < -0.3 is 10.6 Å². The Labute approximate surface area is 129 Å². The number of rotatable bonds is 3. The summed E-state index contributed by atoms with van der Waals surface area (Å²) in [6.45, 7) is 3.30. The van der Waals surface area contributed by atoms with Gasteiger partial charge in [-0.1, -0.05) is 0 Å². The Kier molecular flexibility index (Phi) is 4.20. The van der Waals surface area contributed by atoms with Crippen LogP contribution in [-0.4, -0.2) is 44.7 Å². The fourth-order valence-corrected chi connectivity index (χ4v) is 3.06. The highest BCUT2D eigenvalue weighted by molar-refractivity contribution is 5.95. The lowest BCUT2D eigenvalue weighted by molar-refractivity contribution is 0.0623. The lowest BCUT2D eigenvalue weighted by Crippen LogP contribution is -2.47. The molecule has 1 aromatic heterocycles. The summed E-state index contributed by atoms with van der Waals surface area (Å²) in [6, 6.07) is 5.85. The van der Waals surface area contributed by atoms with Gasteiger partial charge in [-0.25, -0.2) is 9.67 Å². The van der Waals surface area contributed by atoms with Crippen LogP contribution in [0.1, 0.15) is 35.2 Å². The van der Waals surface area contributed by atoms with E-state index in [4.69, 9.17) is 5.73 Å². The number of nitrogens with two attached hydrogens (primary N) is 1. The number of carbonyl (C=O) groups excluding carboxylic acids is 1. The summed E-state index contributed by atoms with van der Waals surface area (Å²) < 4.78 is 1.70. The van der Waals surface area contributed by atoms with E-state index >= 15 is 0 Å². The van der Waals surface area contributed by atoms with Crippen molar-refractivity contribution >= 4 is 5.91 Å². The second-order valence-corrected chi connectivity index (χ2v) is 5.73. The maximum atomic E-state index is 12.8. The van der Waals surface area contributed by atoms with Gasteiger partial charge >= 0.3 is 0 Å². The predicted octanol–water partition coefficient (Wildman–Crippen LogP) is 1.53. The van der Waals surface area contributed by atoms with Crippen LogP contribution in [0.25, 0.3) is 5.69 Å².